The third-order valence-electron chi connectivity index (χ3n) is 2.42. The molecule has 0 aliphatic carbocycles. The summed E-state index contributed by atoms with van der Waals surface area (Å²) in [6.45, 7) is 3.99. The molecule has 2 rings (SSSR count). The van der Waals surface area contributed by atoms with Gasteiger partial charge in [0.2, 0.25) is 11.2 Å². The van der Waals surface area contributed by atoms with Crippen LogP contribution < -0.4 is 4.74 Å². The summed E-state index contributed by atoms with van der Waals surface area (Å²) in [5, 5.41) is 0.192. The van der Waals surface area contributed by atoms with Gasteiger partial charge in [-0.1, -0.05) is 19.1 Å². The molecule has 2 aromatic rings. The standard InChI is InChI=1S/C13H13ClN2O/c1-3-10-5-4-6-11(7-10)17-12-9(2)8-15-13(14)16-12/h4-8H,3H2,1-2H3. The molecule has 0 aliphatic rings. The highest BCUT2D eigenvalue weighted by atomic mass is 35.5. The summed E-state index contributed by atoms with van der Waals surface area (Å²) < 4.78 is 5.70. The van der Waals surface area contributed by atoms with Crippen molar-refractivity contribution in [3.8, 4) is 11.6 Å². The Labute approximate surface area is 105 Å². The topological polar surface area (TPSA) is 35.0 Å². The zero-order valence-corrected chi connectivity index (χ0v) is 10.5. The van der Waals surface area contributed by atoms with Crippen LogP contribution >= 0.6 is 11.6 Å². The number of benzene rings is 1. The van der Waals surface area contributed by atoms with E-state index in [0.29, 0.717) is 5.88 Å². The molecule has 0 atom stereocenters. The monoisotopic (exact) mass is 248 g/mol. The van der Waals surface area contributed by atoms with Gasteiger partial charge in [-0.2, -0.15) is 4.98 Å². The summed E-state index contributed by atoms with van der Waals surface area (Å²) in [5.74, 6) is 1.26. The molecule has 0 saturated carbocycles. The molecule has 0 aliphatic heterocycles. The Morgan fingerprint density at radius 1 is 1.35 bits per heavy atom. The fourth-order valence-electron chi connectivity index (χ4n) is 1.45. The number of nitrogens with zero attached hydrogens (tertiary/aromatic N) is 2. The van der Waals surface area contributed by atoms with Gasteiger partial charge in [0.1, 0.15) is 5.75 Å². The summed E-state index contributed by atoms with van der Waals surface area (Å²) in [6.07, 6.45) is 2.62. The van der Waals surface area contributed by atoms with E-state index in [4.69, 9.17) is 16.3 Å². The number of hydrogen-bond acceptors (Lipinski definition) is 3. The zero-order chi connectivity index (χ0) is 12.3. The molecule has 3 nitrogen and oxygen atoms in total. The van der Waals surface area contributed by atoms with Crippen molar-refractivity contribution in [3.05, 3.63) is 46.9 Å². The van der Waals surface area contributed by atoms with Crippen molar-refractivity contribution < 1.29 is 4.74 Å². The van der Waals surface area contributed by atoms with Crippen LogP contribution in [0.1, 0.15) is 18.1 Å². The SMILES string of the molecule is CCc1cccc(Oc2nc(Cl)ncc2C)c1. The number of halogens is 1. The Morgan fingerprint density at radius 2 is 2.18 bits per heavy atom. The van der Waals surface area contributed by atoms with Gasteiger partial charge in [-0.25, -0.2) is 4.98 Å². The summed E-state index contributed by atoms with van der Waals surface area (Å²) in [6, 6.07) is 7.92. The summed E-state index contributed by atoms with van der Waals surface area (Å²) in [4.78, 5) is 7.94. The van der Waals surface area contributed by atoms with E-state index >= 15 is 0 Å². The second-order valence-electron chi connectivity index (χ2n) is 3.73. The van der Waals surface area contributed by atoms with Gasteiger partial charge in [-0.15, -0.1) is 0 Å². The average molecular weight is 249 g/mol. The minimum absolute atomic E-state index is 0.192. The first-order valence-electron chi connectivity index (χ1n) is 5.45. The molecule has 1 aromatic heterocycles. The predicted molar refractivity (Wildman–Crippen MR) is 67.7 cm³/mol. The molecule has 1 heterocycles. The molecule has 4 heteroatoms. The minimum atomic E-state index is 0.192. The van der Waals surface area contributed by atoms with Crippen molar-refractivity contribution in [3.63, 3.8) is 0 Å². The molecular weight excluding hydrogens is 236 g/mol. The van der Waals surface area contributed by atoms with Crippen molar-refractivity contribution in [2.75, 3.05) is 0 Å². The minimum Gasteiger partial charge on any atom is -0.439 e. The molecule has 0 saturated heterocycles. The average Bonchev–Trinajstić information content (AvgIpc) is 2.34. The molecule has 88 valence electrons. The number of aryl methyl sites for hydroxylation is 2. The number of ether oxygens (including phenoxy) is 1. The largest absolute Gasteiger partial charge is 0.439 e. The Morgan fingerprint density at radius 3 is 2.94 bits per heavy atom. The van der Waals surface area contributed by atoms with Crippen molar-refractivity contribution in [1.29, 1.82) is 0 Å². The number of aromatic nitrogens is 2. The van der Waals surface area contributed by atoms with E-state index in [9.17, 15) is 0 Å². The van der Waals surface area contributed by atoms with Crippen LogP contribution in [0, 0.1) is 6.92 Å². The molecule has 0 bridgehead atoms. The smallest absolute Gasteiger partial charge is 0.226 e. The lowest BCUT2D eigenvalue weighted by Gasteiger charge is -2.08. The molecule has 17 heavy (non-hydrogen) atoms. The van der Waals surface area contributed by atoms with E-state index < -0.39 is 0 Å². The first-order chi connectivity index (χ1) is 8.19. The van der Waals surface area contributed by atoms with E-state index in [-0.39, 0.29) is 5.28 Å². The zero-order valence-electron chi connectivity index (χ0n) is 9.77. The summed E-state index contributed by atoms with van der Waals surface area (Å²) >= 11 is 5.74. The van der Waals surface area contributed by atoms with Gasteiger partial charge in [0, 0.05) is 11.8 Å². The second-order valence-corrected chi connectivity index (χ2v) is 4.07. The Hall–Kier alpha value is -1.61. The third-order valence-corrected chi connectivity index (χ3v) is 2.60. The first kappa shape index (κ1) is 11.9. The second kappa shape index (κ2) is 5.15. The highest BCUT2D eigenvalue weighted by Gasteiger charge is 2.05. The lowest BCUT2D eigenvalue weighted by Crippen LogP contribution is -1.94. The summed E-state index contributed by atoms with van der Waals surface area (Å²) in [7, 11) is 0. The highest BCUT2D eigenvalue weighted by Crippen LogP contribution is 2.24. The van der Waals surface area contributed by atoms with Crippen molar-refractivity contribution in [2.45, 2.75) is 20.3 Å². The van der Waals surface area contributed by atoms with E-state index in [2.05, 4.69) is 23.0 Å². The van der Waals surface area contributed by atoms with Gasteiger partial charge in [-0.05, 0) is 42.6 Å². The fraction of sp³-hybridized carbons (Fsp3) is 0.231. The first-order valence-corrected chi connectivity index (χ1v) is 5.82. The van der Waals surface area contributed by atoms with E-state index in [1.54, 1.807) is 6.20 Å². The van der Waals surface area contributed by atoms with Crippen molar-refractivity contribution in [2.24, 2.45) is 0 Å². The lowest BCUT2D eigenvalue weighted by molar-refractivity contribution is 0.457. The molecule has 0 fully saturated rings. The predicted octanol–water partition coefficient (Wildman–Crippen LogP) is 3.79. The van der Waals surface area contributed by atoms with E-state index in [1.165, 1.54) is 5.56 Å². The molecule has 0 N–H and O–H groups in total. The Kier molecular flexibility index (Phi) is 3.59. The normalized spacial score (nSPS) is 10.3. The molecule has 0 radical (unpaired) electrons. The molecule has 1 aromatic carbocycles. The van der Waals surface area contributed by atoms with Gasteiger partial charge in [0.15, 0.2) is 0 Å². The van der Waals surface area contributed by atoms with E-state index in [0.717, 1.165) is 17.7 Å². The Bertz CT molecular complexity index is 529. The Balaban J connectivity index is 2.27. The van der Waals surface area contributed by atoms with Crippen LogP contribution in [-0.2, 0) is 6.42 Å². The van der Waals surface area contributed by atoms with Crippen molar-refractivity contribution >= 4 is 11.6 Å². The van der Waals surface area contributed by atoms with Crippen LogP contribution in [0.15, 0.2) is 30.5 Å². The summed E-state index contributed by atoms with van der Waals surface area (Å²) in [5.41, 5.74) is 2.08. The van der Waals surface area contributed by atoms with Gasteiger partial charge < -0.3 is 4.74 Å². The maximum atomic E-state index is 5.74. The van der Waals surface area contributed by atoms with Crippen LogP contribution in [0.5, 0.6) is 11.6 Å². The lowest BCUT2D eigenvalue weighted by atomic mass is 10.2. The van der Waals surface area contributed by atoms with Crippen LogP contribution in [0.2, 0.25) is 5.28 Å². The number of rotatable bonds is 3. The number of hydrogen-bond donors (Lipinski definition) is 0. The van der Waals surface area contributed by atoms with Gasteiger partial charge in [0.05, 0.1) is 0 Å². The molecule has 0 unspecified atom stereocenters. The fourth-order valence-corrected chi connectivity index (χ4v) is 1.58. The quantitative estimate of drug-likeness (QED) is 0.775. The highest BCUT2D eigenvalue weighted by molar-refractivity contribution is 6.28. The third kappa shape index (κ3) is 2.94. The maximum Gasteiger partial charge on any atom is 0.226 e. The van der Waals surface area contributed by atoms with Crippen LogP contribution in [-0.4, -0.2) is 9.97 Å². The molecular formula is C13H13ClN2O. The molecule has 0 amide bonds. The van der Waals surface area contributed by atoms with Gasteiger partial charge in [0.25, 0.3) is 0 Å². The van der Waals surface area contributed by atoms with Crippen LogP contribution in [0.4, 0.5) is 0 Å². The van der Waals surface area contributed by atoms with Crippen LogP contribution in [0.3, 0.4) is 0 Å². The maximum absolute atomic E-state index is 5.74. The van der Waals surface area contributed by atoms with Gasteiger partial charge in [-0.3, -0.25) is 0 Å². The van der Waals surface area contributed by atoms with Crippen LogP contribution in [0.25, 0.3) is 0 Å². The van der Waals surface area contributed by atoms with Gasteiger partial charge >= 0.3 is 0 Å². The van der Waals surface area contributed by atoms with E-state index in [1.807, 2.05) is 25.1 Å². The van der Waals surface area contributed by atoms with Crippen molar-refractivity contribution in [1.82, 2.24) is 9.97 Å². The molecule has 0 spiro atoms.